The van der Waals surface area contributed by atoms with E-state index in [9.17, 15) is 4.79 Å². The van der Waals surface area contributed by atoms with Gasteiger partial charge in [0.25, 0.3) is 0 Å². The minimum Gasteiger partial charge on any atom is -0.494 e. The molecule has 1 rings (SSSR count). The normalized spacial score (nSPS) is 10.7. The summed E-state index contributed by atoms with van der Waals surface area (Å²) in [6, 6.07) is 7.36. The van der Waals surface area contributed by atoms with Crippen LogP contribution in [0.3, 0.4) is 0 Å². The number of carboxylic acids is 1. The van der Waals surface area contributed by atoms with Gasteiger partial charge in [-0.2, -0.15) is 0 Å². The smallest absolute Gasteiger partial charge is 0.304 e. The summed E-state index contributed by atoms with van der Waals surface area (Å²) < 4.78 is 5.57. The Bertz CT molecular complexity index is 395. The van der Waals surface area contributed by atoms with Gasteiger partial charge in [-0.25, -0.2) is 0 Å². The van der Waals surface area contributed by atoms with E-state index < -0.39 is 5.97 Å². The Morgan fingerprint density at radius 1 is 1.37 bits per heavy atom. The first-order valence-corrected chi connectivity index (χ1v) is 6.34. The molecule has 5 heteroatoms. The number of nitrogens with zero attached hydrogens (tertiary/aromatic N) is 1. The van der Waals surface area contributed by atoms with Crippen molar-refractivity contribution >= 4 is 5.97 Å². The van der Waals surface area contributed by atoms with Gasteiger partial charge in [0.05, 0.1) is 19.6 Å². The van der Waals surface area contributed by atoms with E-state index >= 15 is 0 Å². The second-order valence-electron chi connectivity index (χ2n) is 4.45. The lowest BCUT2D eigenvalue weighted by Crippen LogP contribution is -2.24. The van der Waals surface area contributed by atoms with E-state index in [2.05, 4.69) is 0 Å². The third kappa shape index (κ3) is 6.79. The van der Waals surface area contributed by atoms with Crippen LogP contribution in [0.5, 0.6) is 5.75 Å². The van der Waals surface area contributed by atoms with Gasteiger partial charge in [-0.05, 0) is 31.2 Å². The van der Waals surface area contributed by atoms with Gasteiger partial charge in [-0.1, -0.05) is 12.1 Å². The first-order chi connectivity index (χ1) is 9.11. The molecule has 0 aliphatic heterocycles. The monoisotopic (exact) mass is 267 g/mol. The summed E-state index contributed by atoms with van der Waals surface area (Å²) in [6.45, 7) is 1.93. The van der Waals surface area contributed by atoms with Gasteiger partial charge in [0.2, 0.25) is 0 Å². The lowest BCUT2D eigenvalue weighted by molar-refractivity contribution is -0.137. The number of rotatable bonds is 9. The highest BCUT2D eigenvalue weighted by Crippen LogP contribution is 2.13. The van der Waals surface area contributed by atoms with Crippen LogP contribution in [0.1, 0.15) is 18.4 Å². The number of hydrogen-bond acceptors (Lipinski definition) is 4. The van der Waals surface area contributed by atoms with Crippen molar-refractivity contribution in [1.29, 1.82) is 0 Å². The van der Waals surface area contributed by atoms with Crippen molar-refractivity contribution < 1.29 is 19.7 Å². The maximum absolute atomic E-state index is 10.4. The lowest BCUT2D eigenvalue weighted by atomic mass is 10.2. The van der Waals surface area contributed by atoms with Crippen molar-refractivity contribution in [2.45, 2.75) is 19.4 Å². The summed E-state index contributed by atoms with van der Waals surface area (Å²) in [6.07, 6.45) is 0.995. The molecule has 0 saturated heterocycles. The molecular formula is C14H21NO4. The van der Waals surface area contributed by atoms with E-state index in [-0.39, 0.29) is 13.0 Å². The zero-order chi connectivity index (χ0) is 14.1. The number of aliphatic carboxylic acids is 1. The molecule has 0 heterocycles. The molecule has 5 nitrogen and oxygen atoms in total. The van der Waals surface area contributed by atoms with Crippen LogP contribution in [0.15, 0.2) is 24.3 Å². The van der Waals surface area contributed by atoms with Gasteiger partial charge in [0.1, 0.15) is 5.75 Å². The maximum atomic E-state index is 10.4. The van der Waals surface area contributed by atoms with Gasteiger partial charge < -0.3 is 19.8 Å². The summed E-state index contributed by atoms with van der Waals surface area (Å²) in [5, 5.41) is 17.6. The Kier molecular flexibility index (Phi) is 6.92. The van der Waals surface area contributed by atoms with Gasteiger partial charge in [-0.3, -0.25) is 4.79 Å². The molecule has 0 fully saturated rings. The van der Waals surface area contributed by atoms with Crippen LogP contribution in [0, 0.1) is 0 Å². The fraction of sp³-hybridized carbons (Fsp3) is 0.500. The summed E-state index contributed by atoms with van der Waals surface area (Å²) in [5.74, 6) is -0.0244. The van der Waals surface area contributed by atoms with Crippen LogP contribution in [0.4, 0.5) is 0 Å². The Morgan fingerprint density at radius 3 is 2.84 bits per heavy atom. The van der Waals surface area contributed by atoms with E-state index in [1.165, 1.54) is 0 Å². The molecule has 0 spiro atoms. The van der Waals surface area contributed by atoms with Crippen LogP contribution < -0.4 is 4.74 Å². The predicted molar refractivity (Wildman–Crippen MR) is 72.2 cm³/mol. The van der Waals surface area contributed by atoms with E-state index in [0.717, 1.165) is 24.3 Å². The molecule has 1 aromatic rings. The van der Waals surface area contributed by atoms with E-state index in [4.69, 9.17) is 14.9 Å². The zero-order valence-corrected chi connectivity index (χ0v) is 11.2. The van der Waals surface area contributed by atoms with Gasteiger partial charge in [-0.15, -0.1) is 0 Å². The van der Waals surface area contributed by atoms with Crippen molar-refractivity contribution in [2.24, 2.45) is 0 Å². The topological polar surface area (TPSA) is 70.0 Å². The lowest BCUT2D eigenvalue weighted by Gasteiger charge is -2.15. The molecule has 0 unspecified atom stereocenters. The maximum Gasteiger partial charge on any atom is 0.304 e. The van der Waals surface area contributed by atoms with Crippen molar-refractivity contribution in [2.75, 3.05) is 26.7 Å². The third-order valence-electron chi connectivity index (χ3n) is 2.74. The highest BCUT2D eigenvalue weighted by Gasteiger charge is 2.02. The first kappa shape index (κ1) is 15.5. The summed E-state index contributed by atoms with van der Waals surface area (Å²) >= 11 is 0. The Morgan fingerprint density at radius 2 is 2.16 bits per heavy atom. The molecule has 106 valence electrons. The molecule has 0 aromatic heterocycles. The van der Waals surface area contributed by atoms with Crippen molar-refractivity contribution in [3.05, 3.63) is 29.8 Å². The van der Waals surface area contributed by atoms with Crippen LogP contribution >= 0.6 is 0 Å². The van der Waals surface area contributed by atoms with Crippen LogP contribution in [0.2, 0.25) is 0 Å². The molecule has 2 N–H and O–H groups in total. The molecular weight excluding hydrogens is 246 g/mol. The first-order valence-electron chi connectivity index (χ1n) is 6.34. The largest absolute Gasteiger partial charge is 0.494 e. The standard InChI is InChI=1S/C14H21NO4/c1-15(8-6-14(17)18)7-3-9-19-13-5-2-4-12(10-13)11-16/h2,4-5,10,16H,3,6-9,11H2,1H3,(H,17,18). The Balaban J connectivity index is 2.17. The predicted octanol–water partition coefficient (Wildman–Crippen LogP) is 1.35. The molecule has 0 bridgehead atoms. The zero-order valence-electron chi connectivity index (χ0n) is 11.2. The average molecular weight is 267 g/mol. The molecule has 0 atom stereocenters. The van der Waals surface area contributed by atoms with Gasteiger partial charge in [0.15, 0.2) is 0 Å². The van der Waals surface area contributed by atoms with Crippen LogP contribution in [0.25, 0.3) is 0 Å². The molecule has 0 radical (unpaired) electrons. The molecule has 0 amide bonds. The second-order valence-corrected chi connectivity index (χ2v) is 4.45. The highest BCUT2D eigenvalue weighted by molar-refractivity contribution is 5.66. The number of hydrogen-bond donors (Lipinski definition) is 2. The van der Waals surface area contributed by atoms with Crippen molar-refractivity contribution in [3.63, 3.8) is 0 Å². The molecule has 19 heavy (non-hydrogen) atoms. The number of carboxylic acid groups (broad SMARTS) is 1. The molecule has 0 aliphatic carbocycles. The van der Waals surface area contributed by atoms with Crippen LogP contribution in [-0.2, 0) is 11.4 Å². The number of aliphatic hydroxyl groups excluding tert-OH is 1. The third-order valence-corrected chi connectivity index (χ3v) is 2.74. The minimum absolute atomic E-state index is 0.00905. The summed E-state index contributed by atoms with van der Waals surface area (Å²) in [5.41, 5.74) is 0.830. The second kappa shape index (κ2) is 8.50. The number of aliphatic hydroxyl groups is 1. The van der Waals surface area contributed by atoms with Crippen LogP contribution in [-0.4, -0.2) is 47.8 Å². The average Bonchev–Trinajstić information content (AvgIpc) is 2.41. The van der Waals surface area contributed by atoms with Gasteiger partial charge >= 0.3 is 5.97 Å². The number of ether oxygens (including phenoxy) is 1. The Labute approximate surface area is 113 Å². The SMILES string of the molecule is CN(CCCOc1cccc(CO)c1)CCC(=O)O. The molecule has 0 aliphatic rings. The summed E-state index contributed by atoms with van der Waals surface area (Å²) in [7, 11) is 1.90. The van der Waals surface area contributed by atoms with E-state index in [0.29, 0.717) is 13.2 Å². The van der Waals surface area contributed by atoms with Crippen molar-refractivity contribution in [1.82, 2.24) is 4.90 Å². The van der Waals surface area contributed by atoms with E-state index in [1.807, 2.05) is 36.2 Å². The number of carbonyl (C=O) groups is 1. The van der Waals surface area contributed by atoms with Crippen molar-refractivity contribution in [3.8, 4) is 5.75 Å². The minimum atomic E-state index is -0.774. The van der Waals surface area contributed by atoms with E-state index in [1.54, 1.807) is 0 Å². The highest BCUT2D eigenvalue weighted by atomic mass is 16.5. The summed E-state index contributed by atoms with van der Waals surface area (Å²) in [4.78, 5) is 12.4. The number of benzene rings is 1. The Hall–Kier alpha value is -1.59. The fourth-order valence-corrected chi connectivity index (χ4v) is 1.66. The molecule has 0 saturated carbocycles. The quantitative estimate of drug-likeness (QED) is 0.661. The van der Waals surface area contributed by atoms with Gasteiger partial charge in [0, 0.05) is 13.1 Å². The fourth-order valence-electron chi connectivity index (χ4n) is 1.66. The molecule has 1 aromatic carbocycles.